The second kappa shape index (κ2) is 5.24. The summed E-state index contributed by atoms with van der Waals surface area (Å²) in [6.07, 6.45) is 5.28. The zero-order valence-corrected chi connectivity index (χ0v) is 11.3. The Balaban J connectivity index is 1.59. The molecule has 2 aliphatic rings. The summed E-state index contributed by atoms with van der Waals surface area (Å²) >= 11 is 0. The number of hydrogen-bond acceptors (Lipinski definition) is 3. The summed E-state index contributed by atoms with van der Waals surface area (Å²) in [4.78, 5) is 12.1. The molecule has 19 heavy (non-hydrogen) atoms. The van der Waals surface area contributed by atoms with Gasteiger partial charge in [-0.25, -0.2) is 4.79 Å². The average molecular weight is 260 g/mol. The number of esters is 1. The SMILES string of the molecule is COc1ccccc1C(=O)OCC1CC2CCC1C2. The minimum absolute atomic E-state index is 0.264. The first-order chi connectivity index (χ1) is 9.28. The molecule has 0 aliphatic heterocycles. The van der Waals surface area contributed by atoms with Crippen LogP contribution in [-0.4, -0.2) is 19.7 Å². The van der Waals surface area contributed by atoms with Gasteiger partial charge in [-0.05, 0) is 49.1 Å². The van der Waals surface area contributed by atoms with Crippen molar-refractivity contribution in [2.24, 2.45) is 17.8 Å². The number of methoxy groups -OCH3 is 1. The molecule has 0 aromatic heterocycles. The Labute approximate surface area is 113 Å². The van der Waals surface area contributed by atoms with Gasteiger partial charge in [-0.3, -0.25) is 0 Å². The van der Waals surface area contributed by atoms with Crippen LogP contribution in [0.4, 0.5) is 0 Å². The van der Waals surface area contributed by atoms with E-state index >= 15 is 0 Å². The number of benzene rings is 1. The summed E-state index contributed by atoms with van der Waals surface area (Å²) in [5, 5.41) is 0. The fourth-order valence-electron chi connectivity index (χ4n) is 3.65. The minimum atomic E-state index is -0.264. The van der Waals surface area contributed by atoms with Crippen LogP contribution in [0.15, 0.2) is 24.3 Å². The van der Waals surface area contributed by atoms with Crippen molar-refractivity contribution in [3.8, 4) is 5.75 Å². The molecule has 1 aromatic carbocycles. The van der Waals surface area contributed by atoms with Gasteiger partial charge in [0.2, 0.25) is 0 Å². The van der Waals surface area contributed by atoms with E-state index < -0.39 is 0 Å². The van der Waals surface area contributed by atoms with E-state index in [1.165, 1.54) is 25.7 Å². The first-order valence-electron chi connectivity index (χ1n) is 7.08. The van der Waals surface area contributed by atoms with E-state index in [4.69, 9.17) is 9.47 Å². The summed E-state index contributed by atoms with van der Waals surface area (Å²) in [6, 6.07) is 7.22. The molecule has 0 radical (unpaired) electrons. The molecule has 0 heterocycles. The number of hydrogen-bond donors (Lipinski definition) is 0. The Bertz CT molecular complexity index is 469. The molecular weight excluding hydrogens is 240 g/mol. The predicted molar refractivity (Wildman–Crippen MR) is 72.2 cm³/mol. The van der Waals surface area contributed by atoms with Crippen molar-refractivity contribution in [3.05, 3.63) is 29.8 Å². The summed E-state index contributed by atoms with van der Waals surface area (Å²) in [5.41, 5.74) is 0.521. The number of carbonyl (C=O) groups excluding carboxylic acids is 1. The van der Waals surface area contributed by atoms with Gasteiger partial charge in [-0.15, -0.1) is 0 Å². The van der Waals surface area contributed by atoms with Crippen LogP contribution in [-0.2, 0) is 4.74 Å². The average Bonchev–Trinajstić information content (AvgIpc) is 3.07. The lowest BCUT2D eigenvalue weighted by molar-refractivity contribution is 0.0390. The minimum Gasteiger partial charge on any atom is -0.496 e. The van der Waals surface area contributed by atoms with Crippen LogP contribution in [0.1, 0.15) is 36.0 Å². The highest BCUT2D eigenvalue weighted by atomic mass is 16.5. The number of carbonyl (C=O) groups is 1. The zero-order chi connectivity index (χ0) is 13.2. The highest BCUT2D eigenvalue weighted by Crippen LogP contribution is 2.48. The number of fused-ring (bicyclic) bond motifs is 2. The second-order valence-corrected chi connectivity index (χ2v) is 5.73. The van der Waals surface area contributed by atoms with Gasteiger partial charge in [0.25, 0.3) is 0 Å². The van der Waals surface area contributed by atoms with Crippen molar-refractivity contribution in [3.63, 3.8) is 0 Å². The van der Waals surface area contributed by atoms with Crippen molar-refractivity contribution >= 4 is 5.97 Å². The summed E-state index contributed by atoms with van der Waals surface area (Å²) in [7, 11) is 1.57. The molecule has 0 saturated heterocycles. The standard InChI is InChI=1S/C16H20O3/c1-18-15-5-3-2-4-14(15)16(17)19-10-13-9-11-6-7-12(13)8-11/h2-5,11-13H,6-10H2,1H3. The molecule has 2 bridgehead atoms. The highest BCUT2D eigenvalue weighted by Gasteiger charge is 2.39. The smallest absolute Gasteiger partial charge is 0.341 e. The first kappa shape index (κ1) is 12.5. The van der Waals surface area contributed by atoms with Crippen LogP contribution >= 0.6 is 0 Å². The third kappa shape index (κ3) is 2.46. The molecule has 0 spiro atoms. The van der Waals surface area contributed by atoms with Gasteiger partial charge < -0.3 is 9.47 Å². The molecule has 2 saturated carbocycles. The fraction of sp³-hybridized carbons (Fsp3) is 0.562. The Morgan fingerprint density at radius 2 is 2.11 bits per heavy atom. The van der Waals surface area contributed by atoms with Crippen LogP contribution in [0.25, 0.3) is 0 Å². The third-order valence-electron chi connectivity index (χ3n) is 4.64. The van der Waals surface area contributed by atoms with E-state index in [1.807, 2.05) is 12.1 Å². The zero-order valence-electron chi connectivity index (χ0n) is 11.3. The topological polar surface area (TPSA) is 35.5 Å². The lowest BCUT2D eigenvalue weighted by atomic mass is 9.89. The van der Waals surface area contributed by atoms with Gasteiger partial charge in [0, 0.05) is 0 Å². The molecule has 3 unspecified atom stereocenters. The summed E-state index contributed by atoms with van der Waals surface area (Å²) in [6.45, 7) is 0.568. The molecular formula is C16H20O3. The molecule has 3 rings (SSSR count). The quantitative estimate of drug-likeness (QED) is 0.779. The Kier molecular flexibility index (Phi) is 3.45. The maximum Gasteiger partial charge on any atom is 0.341 e. The molecule has 3 atom stereocenters. The second-order valence-electron chi connectivity index (χ2n) is 5.73. The first-order valence-corrected chi connectivity index (χ1v) is 7.08. The van der Waals surface area contributed by atoms with Gasteiger partial charge in [0.1, 0.15) is 11.3 Å². The van der Waals surface area contributed by atoms with Crippen LogP contribution in [0.3, 0.4) is 0 Å². The Hall–Kier alpha value is -1.51. The van der Waals surface area contributed by atoms with Crippen molar-refractivity contribution in [1.29, 1.82) is 0 Å². The molecule has 3 heteroatoms. The number of ether oxygens (including phenoxy) is 2. The van der Waals surface area contributed by atoms with E-state index in [0.29, 0.717) is 23.8 Å². The molecule has 3 nitrogen and oxygen atoms in total. The van der Waals surface area contributed by atoms with Gasteiger partial charge in [0.05, 0.1) is 13.7 Å². The maximum absolute atomic E-state index is 12.1. The van der Waals surface area contributed by atoms with Crippen molar-refractivity contribution in [2.45, 2.75) is 25.7 Å². The van der Waals surface area contributed by atoms with E-state index in [0.717, 1.165) is 11.8 Å². The normalized spacial score (nSPS) is 28.4. The van der Waals surface area contributed by atoms with Crippen LogP contribution in [0, 0.1) is 17.8 Å². The lowest BCUT2D eigenvalue weighted by Gasteiger charge is -2.21. The van der Waals surface area contributed by atoms with Crippen molar-refractivity contribution in [2.75, 3.05) is 13.7 Å². The van der Waals surface area contributed by atoms with Crippen LogP contribution in [0.2, 0.25) is 0 Å². The Morgan fingerprint density at radius 1 is 1.26 bits per heavy atom. The van der Waals surface area contributed by atoms with Gasteiger partial charge in [0.15, 0.2) is 0 Å². The van der Waals surface area contributed by atoms with Gasteiger partial charge in [-0.2, -0.15) is 0 Å². The van der Waals surface area contributed by atoms with Gasteiger partial charge >= 0.3 is 5.97 Å². The lowest BCUT2D eigenvalue weighted by Crippen LogP contribution is -2.19. The van der Waals surface area contributed by atoms with E-state index in [9.17, 15) is 4.79 Å². The van der Waals surface area contributed by atoms with E-state index in [2.05, 4.69) is 0 Å². The van der Waals surface area contributed by atoms with Crippen molar-refractivity contribution in [1.82, 2.24) is 0 Å². The molecule has 2 fully saturated rings. The van der Waals surface area contributed by atoms with E-state index in [1.54, 1.807) is 19.2 Å². The predicted octanol–water partition coefficient (Wildman–Crippen LogP) is 3.29. The third-order valence-corrected chi connectivity index (χ3v) is 4.64. The van der Waals surface area contributed by atoms with Gasteiger partial charge in [-0.1, -0.05) is 18.6 Å². The molecule has 2 aliphatic carbocycles. The monoisotopic (exact) mass is 260 g/mol. The maximum atomic E-state index is 12.1. The van der Waals surface area contributed by atoms with Crippen LogP contribution < -0.4 is 4.74 Å². The molecule has 0 N–H and O–H groups in total. The fourth-order valence-corrected chi connectivity index (χ4v) is 3.65. The highest BCUT2D eigenvalue weighted by molar-refractivity contribution is 5.92. The molecule has 1 aromatic rings. The number of rotatable bonds is 4. The molecule has 0 amide bonds. The Morgan fingerprint density at radius 3 is 2.79 bits per heavy atom. The summed E-state index contributed by atoms with van der Waals surface area (Å²) < 4.78 is 10.7. The van der Waals surface area contributed by atoms with Crippen molar-refractivity contribution < 1.29 is 14.3 Å². The molecule has 102 valence electrons. The number of para-hydroxylation sites is 1. The van der Waals surface area contributed by atoms with E-state index in [-0.39, 0.29) is 5.97 Å². The summed E-state index contributed by atoms with van der Waals surface area (Å²) in [5.74, 6) is 2.58. The van der Waals surface area contributed by atoms with Crippen LogP contribution in [0.5, 0.6) is 5.75 Å². The largest absolute Gasteiger partial charge is 0.496 e.